The lowest BCUT2D eigenvalue weighted by atomic mass is 10.2. The van der Waals surface area contributed by atoms with Gasteiger partial charge < -0.3 is 10.3 Å². The third-order valence-electron chi connectivity index (χ3n) is 3.19. The average molecular weight is 303 g/mol. The van der Waals surface area contributed by atoms with Crippen molar-refractivity contribution in [3.8, 4) is 0 Å². The highest BCUT2D eigenvalue weighted by molar-refractivity contribution is 6.31. The minimum atomic E-state index is -0.294. The van der Waals surface area contributed by atoms with Gasteiger partial charge in [-0.15, -0.1) is 0 Å². The van der Waals surface area contributed by atoms with E-state index in [1.807, 2.05) is 6.07 Å². The van der Waals surface area contributed by atoms with Crippen molar-refractivity contribution in [1.82, 2.24) is 10.3 Å². The number of halogens is 2. The molecule has 2 N–H and O–H groups in total. The molecule has 1 aromatic heterocycles. The molecule has 3 nitrogen and oxygen atoms in total. The first-order valence-electron chi connectivity index (χ1n) is 6.43. The van der Waals surface area contributed by atoms with Gasteiger partial charge in [-0.25, -0.2) is 4.39 Å². The number of carbonyl (C=O) groups excluding carboxylic acids is 1. The average Bonchev–Trinajstić information content (AvgIpc) is 2.89. The number of rotatable bonds is 3. The largest absolute Gasteiger partial charge is 0.351 e. The molecular formula is C16H12ClFN2O. The zero-order valence-corrected chi connectivity index (χ0v) is 11.7. The summed E-state index contributed by atoms with van der Waals surface area (Å²) in [5.41, 5.74) is 2.16. The number of hydrogen-bond acceptors (Lipinski definition) is 1. The molecule has 2 aromatic carbocycles. The number of hydrogen-bond donors (Lipinski definition) is 2. The zero-order valence-electron chi connectivity index (χ0n) is 11.0. The molecule has 0 fully saturated rings. The Morgan fingerprint density at radius 2 is 1.90 bits per heavy atom. The van der Waals surface area contributed by atoms with E-state index < -0.39 is 0 Å². The van der Waals surface area contributed by atoms with E-state index in [1.54, 1.807) is 30.3 Å². The van der Waals surface area contributed by atoms with Gasteiger partial charge in [-0.1, -0.05) is 23.7 Å². The van der Waals surface area contributed by atoms with Gasteiger partial charge in [0.2, 0.25) is 0 Å². The number of H-pyrrole nitrogens is 1. The maximum absolute atomic E-state index is 12.8. The SMILES string of the molecule is O=C(NCc1ccc(F)cc1)c1cc2cc(Cl)ccc2[nH]1. The normalized spacial score (nSPS) is 10.8. The Balaban J connectivity index is 1.73. The van der Waals surface area contributed by atoms with Crippen molar-refractivity contribution in [1.29, 1.82) is 0 Å². The van der Waals surface area contributed by atoms with Crippen LogP contribution in [0.3, 0.4) is 0 Å². The lowest BCUT2D eigenvalue weighted by molar-refractivity contribution is 0.0947. The van der Waals surface area contributed by atoms with Crippen LogP contribution in [0.5, 0.6) is 0 Å². The first kappa shape index (κ1) is 13.6. The third kappa shape index (κ3) is 3.06. The summed E-state index contributed by atoms with van der Waals surface area (Å²) in [5.74, 6) is -0.510. The van der Waals surface area contributed by atoms with Crippen molar-refractivity contribution in [2.24, 2.45) is 0 Å². The highest BCUT2D eigenvalue weighted by Crippen LogP contribution is 2.20. The molecule has 0 bridgehead atoms. The molecule has 0 radical (unpaired) electrons. The van der Waals surface area contributed by atoms with Crippen LogP contribution in [0, 0.1) is 5.82 Å². The van der Waals surface area contributed by atoms with Gasteiger partial charge in [0.15, 0.2) is 0 Å². The molecule has 106 valence electrons. The molecule has 1 heterocycles. The third-order valence-corrected chi connectivity index (χ3v) is 3.43. The van der Waals surface area contributed by atoms with Crippen molar-refractivity contribution in [2.75, 3.05) is 0 Å². The molecule has 3 aromatic rings. The molecule has 21 heavy (non-hydrogen) atoms. The Kier molecular flexibility index (Phi) is 3.62. The molecule has 1 amide bonds. The van der Waals surface area contributed by atoms with Crippen molar-refractivity contribution in [3.05, 3.63) is 70.6 Å². The summed E-state index contributed by atoms with van der Waals surface area (Å²) < 4.78 is 12.8. The van der Waals surface area contributed by atoms with Crippen LogP contribution in [0.15, 0.2) is 48.5 Å². The van der Waals surface area contributed by atoms with Crippen LogP contribution in [0.4, 0.5) is 4.39 Å². The summed E-state index contributed by atoms with van der Waals surface area (Å²) in [6.45, 7) is 0.342. The van der Waals surface area contributed by atoms with Crippen LogP contribution >= 0.6 is 11.6 Å². The van der Waals surface area contributed by atoms with Crippen LogP contribution in [-0.2, 0) is 6.54 Å². The maximum atomic E-state index is 12.8. The van der Waals surface area contributed by atoms with Crippen LogP contribution in [-0.4, -0.2) is 10.9 Å². The van der Waals surface area contributed by atoms with E-state index in [-0.39, 0.29) is 11.7 Å². The molecule has 0 aliphatic rings. The minimum Gasteiger partial charge on any atom is -0.351 e. The van der Waals surface area contributed by atoms with E-state index in [0.717, 1.165) is 16.5 Å². The standard InChI is InChI=1S/C16H12ClFN2O/c17-12-3-6-14-11(7-12)8-15(20-14)16(21)19-9-10-1-4-13(18)5-2-10/h1-8,20H,9H2,(H,19,21). The van der Waals surface area contributed by atoms with Crippen LogP contribution in [0.25, 0.3) is 10.9 Å². The Morgan fingerprint density at radius 1 is 1.14 bits per heavy atom. The van der Waals surface area contributed by atoms with E-state index in [1.165, 1.54) is 12.1 Å². The van der Waals surface area contributed by atoms with Gasteiger partial charge in [0.25, 0.3) is 5.91 Å². The van der Waals surface area contributed by atoms with E-state index in [9.17, 15) is 9.18 Å². The van der Waals surface area contributed by atoms with Gasteiger partial charge in [-0.05, 0) is 42.0 Å². The number of carbonyl (C=O) groups is 1. The highest BCUT2D eigenvalue weighted by Gasteiger charge is 2.09. The fraction of sp³-hybridized carbons (Fsp3) is 0.0625. The summed E-state index contributed by atoms with van der Waals surface area (Å²) in [6, 6.07) is 13.2. The number of aromatic nitrogens is 1. The summed E-state index contributed by atoms with van der Waals surface area (Å²) in [7, 11) is 0. The first-order chi connectivity index (χ1) is 10.1. The molecule has 0 spiro atoms. The number of amides is 1. The smallest absolute Gasteiger partial charge is 0.267 e. The first-order valence-corrected chi connectivity index (χ1v) is 6.80. The fourth-order valence-electron chi connectivity index (χ4n) is 2.11. The molecule has 0 saturated carbocycles. The predicted molar refractivity (Wildman–Crippen MR) is 80.9 cm³/mol. The van der Waals surface area contributed by atoms with Crippen LogP contribution < -0.4 is 5.32 Å². The Hall–Kier alpha value is -2.33. The van der Waals surface area contributed by atoms with Gasteiger partial charge in [0.1, 0.15) is 11.5 Å². The van der Waals surface area contributed by atoms with Crippen molar-refractivity contribution in [2.45, 2.75) is 6.54 Å². The quantitative estimate of drug-likeness (QED) is 0.757. The van der Waals surface area contributed by atoms with Crippen LogP contribution in [0.1, 0.15) is 16.1 Å². The molecule has 0 atom stereocenters. The van der Waals surface area contributed by atoms with E-state index in [2.05, 4.69) is 10.3 Å². The molecule has 5 heteroatoms. The van der Waals surface area contributed by atoms with E-state index in [0.29, 0.717) is 17.3 Å². The number of fused-ring (bicyclic) bond motifs is 1. The maximum Gasteiger partial charge on any atom is 0.267 e. The molecule has 0 aliphatic carbocycles. The highest BCUT2D eigenvalue weighted by atomic mass is 35.5. The number of aromatic amines is 1. The minimum absolute atomic E-state index is 0.216. The summed E-state index contributed by atoms with van der Waals surface area (Å²) in [6.07, 6.45) is 0. The molecule has 3 rings (SSSR count). The zero-order chi connectivity index (χ0) is 14.8. The second-order valence-electron chi connectivity index (χ2n) is 4.72. The topological polar surface area (TPSA) is 44.9 Å². The summed E-state index contributed by atoms with van der Waals surface area (Å²) in [4.78, 5) is 15.1. The number of nitrogens with one attached hydrogen (secondary N) is 2. The van der Waals surface area contributed by atoms with Gasteiger partial charge in [0.05, 0.1) is 0 Å². The van der Waals surface area contributed by atoms with Crippen molar-refractivity contribution < 1.29 is 9.18 Å². The lowest BCUT2D eigenvalue weighted by Gasteiger charge is -2.03. The van der Waals surface area contributed by atoms with E-state index >= 15 is 0 Å². The second kappa shape index (κ2) is 5.58. The Bertz CT molecular complexity index is 796. The Morgan fingerprint density at radius 3 is 2.67 bits per heavy atom. The molecular weight excluding hydrogens is 291 g/mol. The molecule has 0 unspecified atom stereocenters. The van der Waals surface area contributed by atoms with E-state index in [4.69, 9.17) is 11.6 Å². The summed E-state index contributed by atoms with van der Waals surface area (Å²) in [5, 5.41) is 4.29. The van der Waals surface area contributed by atoms with Crippen molar-refractivity contribution >= 4 is 28.4 Å². The molecule has 0 saturated heterocycles. The summed E-state index contributed by atoms with van der Waals surface area (Å²) >= 11 is 5.92. The van der Waals surface area contributed by atoms with Gasteiger partial charge >= 0.3 is 0 Å². The molecule has 0 aliphatic heterocycles. The van der Waals surface area contributed by atoms with Gasteiger partial charge in [-0.2, -0.15) is 0 Å². The van der Waals surface area contributed by atoms with Gasteiger partial charge in [0, 0.05) is 22.5 Å². The monoisotopic (exact) mass is 302 g/mol. The Labute approximate surface area is 125 Å². The fourth-order valence-corrected chi connectivity index (χ4v) is 2.29. The van der Waals surface area contributed by atoms with Crippen LogP contribution in [0.2, 0.25) is 5.02 Å². The number of benzene rings is 2. The van der Waals surface area contributed by atoms with Crippen molar-refractivity contribution in [3.63, 3.8) is 0 Å². The van der Waals surface area contributed by atoms with Gasteiger partial charge in [-0.3, -0.25) is 4.79 Å². The predicted octanol–water partition coefficient (Wildman–Crippen LogP) is 3.89. The lowest BCUT2D eigenvalue weighted by Crippen LogP contribution is -2.23. The second-order valence-corrected chi connectivity index (χ2v) is 5.16.